The van der Waals surface area contributed by atoms with Gasteiger partial charge in [0.1, 0.15) is 11.3 Å². The van der Waals surface area contributed by atoms with Crippen LogP contribution >= 0.6 is 0 Å². The van der Waals surface area contributed by atoms with E-state index in [0.717, 1.165) is 11.1 Å². The summed E-state index contributed by atoms with van der Waals surface area (Å²) < 4.78 is 14.7. The van der Waals surface area contributed by atoms with E-state index in [4.69, 9.17) is 0 Å². The molecular formula is C25H26FN3O4. The molecule has 0 saturated carbocycles. The van der Waals surface area contributed by atoms with E-state index in [1.54, 1.807) is 45.4 Å². The van der Waals surface area contributed by atoms with Gasteiger partial charge in [-0.25, -0.2) is 4.39 Å². The quantitative estimate of drug-likeness (QED) is 0.360. The fourth-order valence-corrected chi connectivity index (χ4v) is 4.02. The van der Waals surface area contributed by atoms with Gasteiger partial charge < -0.3 is 25.2 Å². The number of fused-ring (bicyclic) bond motifs is 2. The molecule has 0 saturated heterocycles. The van der Waals surface area contributed by atoms with Gasteiger partial charge in [-0.05, 0) is 55.2 Å². The molecule has 0 aliphatic heterocycles. The van der Waals surface area contributed by atoms with E-state index in [2.05, 4.69) is 10.3 Å². The lowest BCUT2D eigenvalue weighted by molar-refractivity contribution is -0.122. The molecule has 0 aliphatic rings. The second-order valence-corrected chi connectivity index (χ2v) is 8.99. The summed E-state index contributed by atoms with van der Waals surface area (Å²) in [4.78, 5) is 17.3. The van der Waals surface area contributed by atoms with Crippen LogP contribution in [0.15, 0.2) is 42.7 Å². The van der Waals surface area contributed by atoms with E-state index >= 15 is 0 Å². The van der Waals surface area contributed by atoms with Crippen LogP contribution in [0.25, 0.3) is 21.7 Å². The van der Waals surface area contributed by atoms with E-state index in [-0.39, 0.29) is 47.3 Å². The number of nitrogens with one attached hydrogen (secondary N) is 1. The van der Waals surface area contributed by atoms with Crippen molar-refractivity contribution in [3.8, 4) is 11.6 Å². The van der Waals surface area contributed by atoms with Crippen molar-refractivity contribution in [2.24, 2.45) is 7.05 Å². The molecule has 2 aromatic heterocycles. The molecule has 0 aliphatic carbocycles. The fraction of sp³-hybridized carbons (Fsp3) is 0.280. The molecule has 1 amide bonds. The summed E-state index contributed by atoms with van der Waals surface area (Å²) in [5.41, 5.74) is 1.80. The highest BCUT2D eigenvalue weighted by Gasteiger charge is 2.24. The highest BCUT2D eigenvalue weighted by molar-refractivity contribution is 6.10. The highest BCUT2D eigenvalue weighted by atomic mass is 19.1. The minimum Gasteiger partial charge on any atom is -0.505 e. The third kappa shape index (κ3) is 4.34. The number of aromatic nitrogens is 2. The molecule has 0 unspecified atom stereocenters. The van der Waals surface area contributed by atoms with Crippen LogP contribution in [-0.2, 0) is 24.7 Å². The first kappa shape index (κ1) is 22.5. The fourth-order valence-electron chi connectivity index (χ4n) is 4.02. The third-order valence-corrected chi connectivity index (χ3v) is 5.74. The lowest BCUT2D eigenvalue weighted by Gasteiger charge is -2.23. The Morgan fingerprint density at radius 3 is 2.52 bits per heavy atom. The van der Waals surface area contributed by atoms with Gasteiger partial charge in [-0.1, -0.05) is 12.1 Å². The Morgan fingerprint density at radius 2 is 1.85 bits per heavy atom. The summed E-state index contributed by atoms with van der Waals surface area (Å²) >= 11 is 0. The van der Waals surface area contributed by atoms with E-state index in [1.807, 2.05) is 6.07 Å². The zero-order valence-electron chi connectivity index (χ0n) is 18.7. The SMILES string of the molecule is Cn1cc2c(CC(=O)NC(C)(C)CO)c3cc(Cc4ccc(F)cc4)cnc3c(O)c2c1O. The topological polar surface area (TPSA) is 108 Å². The number of phenolic OH excluding ortho intramolecular Hbond substituents is 1. The standard InChI is InChI=1S/C25H26FN3O4/c1-25(2,13-30)28-20(31)10-17-18-9-15(8-14-4-6-16(26)7-5-14)11-27-22(18)23(32)21-19(17)12-29(3)24(21)33/h4-7,9,11-12,30,32-33H,8,10,13H2,1-3H3,(H,28,31). The lowest BCUT2D eigenvalue weighted by atomic mass is 9.95. The van der Waals surface area contributed by atoms with Crippen molar-refractivity contribution in [2.75, 3.05) is 6.61 Å². The van der Waals surface area contributed by atoms with Crippen LogP contribution in [-0.4, -0.2) is 42.9 Å². The van der Waals surface area contributed by atoms with Crippen molar-refractivity contribution in [1.29, 1.82) is 0 Å². The average Bonchev–Trinajstić information content (AvgIpc) is 3.07. The molecule has 33 heavy (non-hydrogen) atoms. The number of benzene rings is 2. The number of amides is 1. The summed E-state index contributed by atoms with van der Waals surface area (Å²) in [6.45, 7) is 3.21. The van der Waals surface area contributed by atoms with Crippen molar-refractivity contribution in [1.82, 2.24) is 14.9 Å². The number of rotatable bonds is 6. The Labute approximate surface area is 190 Å². The van der Waals surface area contributed by atoms with Crippen molar-refractivity contribution in [3.05, 3.63) is 65.2 Å². The van der Waals surface area contributed by atoms with Gasteiger partial charge in [0.2, 0.25) is 11.8 Å². The summed E-state index contributed by atoms with van der Waals surface area (Å²) in [5, 5.41) is 35.1. The molecule has 0 spiro atoms. The van der Waals surface area contributed by atoms with Gasteiger partial charge in [0, 0.05) is 30.2 Å². The minimum atomic E-state index is -0.798. The smallest absolute Gasteiger partial charge is 0.224 e. The van der Waals surface area contributed by atoms with Crippen molar-refractivity contribution < 1.29 is 24.5 Å². The molecule has 4 N–H and O–H groups in total. The predicted molar refractivity (Wildman–Crippen MR) is 124 cm³/mol. The Balaban J connectivity index is 1.86. The molecule has 172 valence electrons. The molecule has 0 atom stereocenters. The Morgan fingerprint density at radius 1 is 1.15 bits per heavy atom. The van der Waals surface area contributed by atoms with Crippen LogP contribution in [0.5, 0.6) is 11.6 Å². The van der Waals surface area contributed by atoms with Crippen molar-refractivity contribution >= 4 is 27.6 Å². The maximum absolute atomic E-state index is 13.3. The number of aliphatic hydroxyl groups excluding tert-OH is 1. The number of carbonyl (C=O) groups excluding carboxylic acids is 1. The van der Waals surface area contributed by atoms with Gasteiger partial charge in [-0.3, -0.25) is 9.78 Å². The minimum absolute atomic E-state index is 0.0398. The summed E-state index contributed by atoms with van der Waals surface area (Å²) in [5.74, 6) is -0.912. The van der Waals surface area contributed by atoms with Gasteiger partial charge in [0.15, 0.2) is 5.75 Å². The van der Waals surface area contributed by atoms with Crippen LogP contribution in [0.2, 0.25) is 0 Å². The molecule has 4 rings (SSSR count). The molecule has 0 radical (unpaired) electrons. The van der Waals surface area contributed by atoms with Gasteiger partial charge in [0.05, 0.1) is 24.0 Å². The Bertz CT molecular complexity index is 1360. The van der Waals surface area contributed by atoms with Crippen LogP contribution < -0.4 is 5.32 Å². The Kier molecular flexibility index (Phi) is 5.71. The number of nitrogens with zero attached hydrogens (tertiary/aromatic N) is 2. The average molecular weight is 451 g/mol. The lowest BCUT2D eigenvalue weighted by Crippen LogP contribution is -2.46. The second kappa shape index (κ2) is 8.37. The molecule has 8 heteroatoms. The van der Waals surface area contributed by atoms with E-state index in [9.17, 15) is 24.5 Å². The number of halogens is 1. The number of hydrogen-bond donors (Lipinski definition) is 4. The van der Waals surface area contributed by atoms with E-state index < -0.39 is 5.54 Å². The summed E-state index contributed by atoms with van der Waals surface area (Å²) in [7, 11) is 1.64. The zero-order chi connectivity index (χ0) is 23.9. The first-order valence-electron chi connectivity index (χ1n) is 10.6. The molecule has 2 heterocycles. The van der Waals surface area contributed by atoms with E-state index in [0.29, 0.717) is 22.8 Å². The molecular weight excluding hydrogens is 425 g/mol. The molecule has 0 fully saturated rings. The third-order valence-electron chi connectivity index (χ3n) is 5.74. The zero-order valence-corrected chi connectivity index (χ0v) is 18.7. The largest absolute Gasteiger partial charge is 0.505 e. The van der Waals surface area contributed by atoms with Crippen molar-refractivity contribution in [3.63, 3.8) is 0 Å². The van der Waals surface area contributed by atoms with Gasteiger partial charge in [0.25, 0.3) is 0 Å². The van der Waals surface area contributed by atoms with Crippen LogP contribution in [0.1, 0.15) is 30.5 Å². The second-order valence-electron chi connectivity index (χ2n) is 8.99. The van der Waals surface area contributed by atoms with Crippen molar-refractivity contribution in [2.45, 2.75) is 32.2 Å². The van der Waals surface area contributed by atoms with Crippen LogP contribution in [0.3, 0.4) is 0 Å². The van der Waals surface area contributed by atoms with E-state index in [1.165, 1.54) is 16.7 Å². The normalized spacial score (nSPS) is 11.9. The Hall–Kier alpha value is -3.65. The van der Waals surface area contributed by atoms with Gasteiger partial charge >= 0.3 is 0 Å². The number of aryl methyl sites for hydroxylation is 1. The molecule has 4 aromatic rings. The first-order valence-corrected chi connectivity index (χ1v) is 10.6. The monoisotopic (exact) mass is 451 g/mol. The number of pyridine rings is 1. The van der Waals surface area contributed by atoms with Crippen LogP contribution in [0, 0.1) is 5.82 Å². The number of aromatic hydroxyl groups is 2. The maximum Gasteiger partial charge on any atom is 0.224 e. The summed E-state index contributed by atoms with van der Waals surface area (Å²) in [6.07, 6.45) is 3.74. The highest BCUT2D eigenvalue weighted by Crippen LogP contribution is 2.42. The maximum atomic E-state index is 13.3. The first-order chi connectivity index (χ1) is 15.6. The number of hydrogen-bond acceptors (Lipinski definition) is 5. The molecule has 0 bridgehead atoms. The number of carbonyl (C=O) groups is 1. The number of phenols is 1. The van der Waals surface area contributed by atoms with Gasteiger partial charge in [-0.15, -0.1) is 0 Å². The molecule has 2 aromatic carbocycles. The van der Waals surface area contributed by atoms with Crippen LogP contribution in [0.4, 0.5) is 4.39 Å². The predicted octanol–water partition coefficient (Wildman–Crippen LogP) is 3.30. The van der Waals surface area contributed by atoms with Gasteiger partial charge in [-0.2, -0.15) is 0 Å². The molecule has 7 nitrogen and oxygen atoms in total. The summed E-state index contributed by atoms with van der Waals surface area (Å²) in [6, 6.07) is 8.03. The number of aliphatic hydroxyl groups is 1.